The van der Waals surface area contributed by atoms with E-state index in [4.69, 9.17) is 10.00 Å². The number of hydrogen-bond acceptors (Lipinski definition) is 6. The number of carbonyl (C=O) groups excluding carboxylic acids is 2. The Morgan fingerprint density at radius 1 is 1.35 bits per heavy atom. The maximum Gasteiger partial charge on any atom is 0.342 e. The van der Waals surface area contributed by atoms with Gasteiger partial charge in [0.05, 0.1) is 24.4 Å². The van der Waals surface area contributed by atoms with Crippen LogP contribution in [0.3, 0.4) is 0 Å². The van der Waals surface area contributed by atoms with Crippen LogP contribution >= 0.6 is 11.5 Å². The van der Waals surface area contributed by atoms with Crippen molar-refractivity contribution in [3.63, 3.8) is 0 Å². The quantitative estimate of drug-likeness (QED) is 0.782. The van der Waals surface area contributed by atoms with Gasteiger partial charge in [0, 0.05) is 13.1 Å². The average Bonchev–Trinajstić information content (AvgIpc) is 3.01. The van der Waals surface area contributed by atoms with Crippen molar-refractivity contribution in [2.45, 2.75) is 26.8 Å². The number of rotatable bonds is 6. The number of urea groups is 1. The maximum absolute atomic E-state index is 12.7. The van der Waals surface area contributed by atoms with Crippen LogP contribution in [0.25, 0.3) is 0 Å². The lowest BCUT2D eigenvalue weighted by molar-refractivity contribution is 0.0601. The molecule has 2 rings (SSSR count). The van der Waals surface area contributed by atoms with E-state index in [-0.39, 0.29) is 11.6 Å². The molecule has 0 radical (unpaired) electrons. The third kappa shape index (κ3) is 4.58. The van der Waals surface area contributed by atoms with Crippen LogP contribution in [0.15, 0.2) is 24.3 Å². The number of carbonyl (C=O) groups is 2. The van der Waals surface area contributed by atoms with Gasteiger partial charge in [-0.1, -0.05) is 19.1 Å². The molecule has 2 amide bonds. The number of benzene rings is 1. The Morgan fingerprint density at radius 3 is 2.62 bits per heavy atom. The van der Waals surface area contributed by atoms with Crippen molar-refractivity contribution in [2.24, 2.45) is 0 Å². The summed E-state index contributed by atoms with van der Waals surface area (Å²) in [4.78, 5) is 26.2. The summed E-state index contributed by atoms with van der Waals surface area (Å²) >= 11 is 1.05. The zero-order chi connectivity index (χ0) is 19.1. The first kappa shape index (κ1) is 19.4. The third-order valence-electron chi connectivity index (χ3n) is 3.71. The van der Waals surface area contributed by atoms with Gasteiger partial charge in [-0.25, -0.2) is 9.59 Å². The van der Waals surface area contributed by atoms with E-state index < -0.39 is 5.97 Å². The van der Waals surface area contributed by atoms with Crippen molar-refractivity contribution < 1.29 is 14.3 Å². The molecule has 1 heterocycles. The lowest BCUT2D eigenvalue weighted by atomic mass is 10.1. The number of amides is 2. The minimum absolute atomic E-state index is 0.278. The van der Waals surface area contributed by atoms with Crippen LogP contribution in [-0.2, 0) is 11.3 Å². The second-order valence-corrected chi connectivity index (χ2v) is 6.40. The fourth-order valence-electron chi connectivity index (χ4n) is 2.40. The topological polar surface area (TPSA) is 95.3 Å². The highest BCUT2D eigenvalue weighted by molar-refractivity contribution is 7.11. The number of aromatic nitrogens is 1. The summed E-state index contributed by atoms with van der Waals surface area (Å²) in [5.74, 6) is -0.527. The zero-order valence-electron chi connectivity index (χ0n) is 14.9. The summed E-state index contributed by atoms with van der Waals surface area (Å²) in [5.41, 5.74) is 2.29. The van der Waals surface area contributed by atoms with Crippen LogP contribution in [0, 0.1) is 18.3 Å². The molecule has 0 saturated heterocycles. The summed E-state index contributed by atoms with van der Waals surface area (Å²) in [6, 6.07) is 8.85. The predicted octanol–water partition coefficient (Wildman–Crippen LogP) is 3.55. The number of anilines is 1. The van der Waals surface area contributed by atoms with Crippen LogP contribution in [0.4, 0.5) is 9.80 Å². The van der Waals surface area contributed by atoms with Crippen molar-refractivity contribution in [1.82, 2.24) is 9.27 Å². The van der Waals surface area contributed by atoms with E-state index >= 15 is 0 Å². The van der Waals surface area contributed by atoms with Gasteiger partial charge in [-0.15, -0.1) is 0 Å². The second-order valence-electron chi connectivity index (χ2n) is 5.62. The minimum Gasteiger partial charge on any atom is -0.465 e. The molecule has 8 heteroatoms. The van der Waals surface area contributed by atoms with Crippen LogP contribution in [0.2, 0.25) is 0 Å². The molecule has 1 N–H and O–H groups in total. The van der Waals surface area contributed by atoms with Gasteiger partial charge in [-0.2, -0.15) is 9.64 Å². The van der Waals surface area contributed by atoms with Gasteiger partial charge in [0.2, 0.25) is 0 Å². The molecular formula is C18H20N4O3S. The molecule has 0 atom stereocenters. The highest BCUT2D eigenvalue weighted by atomic mass is 32.1. The molecular weight excluding hydrogens is 352 g/mol. The molecule has 0 aliphatic rings. The summed E-state index contributed by atoms with van der Waals surface area (Å²) in [5, 5.41) is 12.0. The van der Waals surface area contributed by atoms with E-state index in [2.05, 4.69) is 15.8 Å². The third-order valence-corrected chi connectivity index (χ3v) is 4.56. The molecule has 0 aliphatic heterocycles. The van der Waals surface area contributed by atoms with Crippen molar-refractivity contribution in [2.75, 3.05) is 19.0 Å². The van der Waals surface area contributed by atoms with Gasteiger partial charge < -0.3 is 9.64 Å². The molecule has 0 aliphatic carbocycles. The molecule has 0 fully saturated rings. The van der Waals surface area contributed by atoms with Gasteiger partial charge in [-0.05, 0) is 42.6 Å². The maximum atomic E-state index is 12.7. The summed E-state index contributed by atoms with van der Waals surface area (Å²) in [6.45, 7) is 4.63. The number of nitrogens with zero attached hydrogens (tertiary/aromatic N) is 3. The van der Waals surface area contributed by atoms with E-state index in [0.717, 1.165) is 23.5 Å². The fourth-order valence-corrected chi connectivity index (χ4v) is 3.18. The molecule has 1 aromatic carbocycles. The van der Waals surface area contributed by atoms with E-state index in [9.17, 15) is 9.59 Å². The average molecular weight is 372 g/mol. The first-order valence-corrected chi connectivity index (χ1v) is 8.87. The van der Waals surface area contributed by atoms with Crippen LogP contribution in [0.5, 0.6) is 0 Å². The number of nitrogens with one attached hydrogen (secondary N) is 1. The zero-order valence-corrected chi connectivity index (χ0v) is 15.7. The number of aryl methyl sites for hydroxylation is 1. The first-order chi connectivity index (χ1) is 12.5. The first-order valence-electron chi connectivity index (χ1n) is 8.09. The van der Waals surface area contributed by atoms with E-state index in [1.807, 2.05) is 19.1 Å². The van der Waals surface area contributed by atoms with Gasteiger partial charge in [0.25, 0.3) is 0 Å². The summed E-state index contributed by atoms with van der Waals surface area (Å²) in [7, 11) is 1.29. The van der Waals surface area contributed by atoms with Gasteiger partial charge in [0.1, 0.15) is 10.6 Å². The molecule has 0 unspecified atom stereocenters. The Labute approximate surface area is 156 Å². The number of esters is 1. The Kier molecular flexibility index (Phi) is 6.69. The highest BCUT2D eigenvalue weighted by Crippen LogP contribution is 2.25. The largest absolute Gasteiger partial charge is 0.465 e. The van der Waals surface area contributed by atoms with Crippen molar-refractivity contribution in [1.29, 1.82) is 5.26 Å². The van der Waals surface area contributed by atoms with E-state index in [1.54, 1.807) is 24.0 Å². The molecule has 136 valence electrons. The fraction of sp³-hybridized carbons (Fsp3) is 0.333. The monoisotopic (exact) mass is 372 g/mol. The molecule has 7 nitrogen and oxygen atoms in total. The molecule has 1 aromatic heterocycles. The van der Waals surface area contributed by atoms with Crippen LogP contribution < -0.4 is 5.32 Å². The van der Waals surface area contributed by atoms with E-state index in [1.165, 1.54) is 7.11 Å². The van der Waals surface area contributed by atoms with Crippen LogP contribution in [-0.4, -0.2) is 34.9 Å². The Balaban J connectivity index is 2.16. The highest BCUT2D eigenvalue weighted by Gasteiger charge is 2.22. The standard InChI is InChI=1S/C18H20N4O3S/c1-4-9-22(11-14-7-5-13(10-19)6-8-14)18(24)20-16-15(17(23)25-3)12(2)21-26-16/h5-8H,4,9,11H2,1-3H3,(H,20,24). The normalized spacial score (nSPS) is 10.1. The summed E-state index contributed by atoms with van der Waals surface area (Å²) in [6.07, 6.45) is 0.787. The smallest absolute Gasteiger partial charge is 0.342 e. The van der Waals surface area contributed by atoms with Gasteiger partial charge in [0.15, 0.2) is 0 Å². The van der Waals surface area contributed by atoms with Crippen molar-refractivity contribution in [3.05, 3.63) is 46.6 Å². The lowest BCUT2D eigenvalue weighted by Gasteiger charge is -2.22. The second kappa shape index (κ2) is 8.97. The minimum atomic E-state index is -0.527. The van der Waals surface area contributed by atoms with Crippen molar-refractivity contribution in [3.8, 4) is 6.07 Å². The SMILES string of the molecule is CCCN(Cc1ccc(C#N)cc1)C(=O)Nc1snc(C)c1C(=O)OC. The van der Waals surface area contributed by atoms with Gasteiger partial charge >= 0.3 is 12.0 Å². The lowest BCUT2D eigenvalue weighted by Crippen LogP contribution is -2.35. The molecule has 26 heavy (non-hydrogen) atoms. The number of methoxy groups -OCH3 is 1. The number of hydrogen-bond donors (Lipinski definition) is 1. The molecule has 0 saturated carbocycles. The van der Waals surface area contributed by atoms with Gasteiger partial charge in [-0.3, -0.25) is 5.32 Å². The molecule has 0 spiro atoms. The number of nitriles is 1. The van der Waals surface area contributed by atoms with Crippen molar-refractivity contribution >= 4 is 28.5 Å². The van der Waals surface area contributed by atoms with Crippen LogP contribution in [0.1, 0.15) is 40.5 Å². The Bertz CT molecular complexity index is 824. The molecule has 0 bridgehead atoms. The predicted molar refractivity (Wildman–Crippen MR) is 99.1 cm³/mol. The summed E-state index contributed by atoms with van der Waals surface area (Å²) < 4.78 is 8.88. The molecule has 2 aromatic rings. The van der Waals surface area contributed by atoms with E-state index in [0.29, 0.717) is 29.3 Å². The Hall–Kier alpha value is -2.92. The Morgan fingerprint density at radius 2 is 2.04 bits per heavy atom. The number of ether oxygens (including phenoxy) is 1.